The van der Waals surface area contributed by atoms with E-state index in [1.165, 1.54) is 12.1 Å². The highest BCUT2D eigenvalue weighted by atomic mass is 19.1. The maximum atomic E-state index is 12.7. The zero-order valence-electron chi connectivity index (χ0n) is 9.30. The van der Waals surface area contributed by atoms with Gasteiger partial charge in [0.15, 0.2) is 5.78 Å². The molecular weight excluding hydrogens is 241 g/mol. The van der Waals surface area contributed by atoms with Crippen molar-refractivity contribution < 1.29 is 23.9 Å². The first-order valence-electron chi connectivity index (χ1n) is 5.30. The number of nitrogens with zero attached hydrogens (tertiary/aromatic N) is 1. The number of rotatable bonds is 2. The Morgan fingerprint density at radius 2 is 1.89 bits per heavy atom. The summed E-state index contributed by atoms with van der Waals surface area (Å²) in [5.74, 6) is -2.57. The molecule has 1 aliphatic rings. The highest BCUT2D eigenvalue weighted by Gasteiger charge is 2.38. The van der Waals surface area contributed by atoms with Gasteiger partial charge in [-0.05, 0) is 24.3 Å². The van der Waals surface area contributed by atoms with Gasteiger partial charge in [0.2, 0.25) is 0 Å². The smallest absolute Gasteiger partial charge is 0.326 e. The number of halogens is 1. The van der Waals surface area contributed by atoms with Crippen molar-refractivity contribution in [2.24, 2.45) is 0 Å². The van der Waals surface area contributed by atoms with Crippen LogP contribution in [0.3, 0.4) is 0 Å². The third-order valence-corrected chi connectivity index (χ3v) is 2.78. The number of ketones is 1. The van der Waals surface area contributed by atoms with E-state index in [0.29, 0.717) is 0 Å². The summed E-state index contributed by atoms with van der Waals surface area (Å²) < 4.78 is 12.7. The van der Waals surface area contributed by atoms with Crippen molar-refractivity contribution in [3.8, 4) is 0 Å². The predicted molar refractivity (Wildman–Crippen MR) is 58.5 cm³/mol. The molecule has 0 aromatic heterocycles. The number of carbonyl (C=O) groups excluding carboxylic acids is 2. The van der Waals surface area contributed by atoms with Crippen molar-refractivity contribution in [2.75, 3.05) is 6.54 Å². The molecule has 0 aliphatic carbocycles. The number of hydrogen-bond acceptors (Lipinski definition) is 3. The minimum atomic E-state index is -1.21. The average Bonchev–Trinajstić information content (AvgIpc) is 2.71. The van der Waals surface area contributed by atoms with Gasteiger partial charge in [0.05, 0.1) is 6.54 Å². The second-order valence-electron chi connectivity index (χ2n) is 4.04. The van der Waals surface area contributed by atoms with Crippen LogP contribution in [0.15, 0.2) is 24.3 Å². The van der Waals surface area contributed by atoms with Crippen molar-refractivity contribution >= 4 is 17.7 Å². The topological polar surface area (TPSA) is 74.7 Å². The van der Waals surface area contributed by atoms with Gasteiger partial charge < -0.3 is 10.0 Å². The van der Waals surface area contributed by atoms with Gasteiger partial charge in [0, 0.05) is 12.0 Å². The van der Waals surface area contributed by atoms with Crippen LogP contribution in [0.2, 0.25) is 0 Å². The lowest BCUT2D eigenvalue weighted by atomic mass is 10.1. The van der Waals surface area contributed by atoms with Crippen molar-refractivity contribution in [1.82, 2.24) is 4.90 Å². The third-order valence-electron chi connectivity index (χ3n) is 2.78. The fourth-order valence-corrected chi connectivity index (χ4v) is 1.88. The summed E-state index contributed by atoms with van der Waals surface area (Å²) in [4.78, 5) is 35.2. The van der Waals surface area contributed by atoms with Gasteiger partial charge in [-0.2, -0.15) is 0 Å². The van der Waals surface area contributed by atoms with Gasteiger partial charge in [-0.3, -0.25) is 9.59 Å². The van der Waals surface area contributed by atoms with E-state index in [1.54, 1.807) is 0 Å². The molecule has 1 atom stereocenters. The summed E-state index contributed by atoms with van der Waals surface area (Å²) in [5, 5.41) is 8.94. The number of amides is 1. The number of aliphatic carboxylic acids is 1. The van der Waals surface area contributed by atoms with Crippen molar-refractivity contribution in [3.05, 3.63) is 35.6 Å². The molecule has 1 aromatic rings. The molecule has 1 N–H and O–H groups in total. The first-order chi connectivity index (χ1) is 8.49. The molecule has 0 saturated carbocycles. The Kier molecular flexibility index (Phi) is 3.10. The normalized spacial score (nSPS) is 19.1. The van der Waals surface area contributed by atoms with Crippen LogP contribution in [-0.4, -0.2) is 40.3 Å². The van der Waals surface area contributed by atoms with Crippen LogP contribution >= 0.6 is 0 Å². The Morgan fingerprint density at radius 1 is 1.28 bits per heavy atom. The molecule has 94 valence electrons. The van der Waals surface area contributed by atoms with E-state index >= 15 is 0 Å². The second kappa shape index (κ2) is 4.56. The van der Waals surface area contributed by atoms with Crippen LogP contribution in [-0.2, 0) is 9.59 Å². The number of Topliss-reactive ketones (excluding diaryl/α,β-unsaturated/α-hetero) is 1. The van der Waals surface area contributed by atoms with Crippen molar-refractivity contribution in [3.63, 3.8) is 0 Å². The van der Waals surface area contributed by atoms with Gasteiger partial charge in [-0.25, -0.2) is 9.18 Å². The number of carbonyl (C=O) groups is 3. The second-order valence-corrected chi connectivity index (χ2v) is 4.04. The van der Waals surface area contributed by atoms with Gasteiger partial charge in [-0.1, -0.05) is 0 Å². The summed E-state index contributed by atoms with van der Waals surface area (Å²) in [6.07, 6.45) is -0.178. The molecule has 1 aliphatic heterocycles. The zero-order chi connectivity index (χ0) is 13.3. The van der Waals surface area contributed by atoms with Crippen molar-refractivity contribution in [2.45, 2.75) is 12.5 Å². The standard InChI is InChI=1S/C12H10FNO4/c13-8-3-1-7(2-4-8)11(16)14-6-9(15)5-10(14)12(17)18/h1-4,10H,5-6H2,(H,17,18)/t10-/m0/s1. The van der Waals surface area contributed by atoms with Crippen molar-refractivity contribution in [1.29, 1.82) is 0 Å². The number of benzene rings is 1. The van der Waals surface area contributed by atoms with Crippen LogP contribution in [0, 0.1) is 5.82 Å². The molecule has 18 heavy (non-hydrogen) atoms. The molecule has 0 unspecified atom stereocenters. The fraction of sp³-hybridized carbons (Fsp3) is 0.250. The molecular formula is C12H10FNO4. The predicted octanol–water partition coefficient (Wildman–Crippen LogP) is 0.694. The molecule has 1 heterocycles. The van der Waals surface area contributed by atoms with Gasteiger partial charge in [-0.15, -0.1) is 0 Å². The highest BCUT2D eigenvalue weighted by molar-refractivity contribution is 6.02. The van der Waals surface area contributed by atoms with E-state index in [0.717, 1.165) is 17.0 Å². The Balaban J connectivity index is 2.25. The Hall–Kier alpha value is -2.24. The Labute approximate surface area is 102 Å². The van der Waals surface area contributed by atoms with Crippen LogP contribution in [0.5, 0.6) is 0 Å². The lowest BCUT2D eigenvalue weighted by molar-refractivity contribution is -0.141. The van der Waals surface area contributed by atoms with Crippen LogP contribution in [0.4, 0.5) is 4.39 Å². The largest absolute Gasteiger partial charge is 0.480 e. The van der Waals surface area contributed by atoms with E-state index in [-0.39, 0.29) is 24.3 Å². The van der Waals surface area contributed by atoms with E-state index < -0.39 is 23.7 Å². The minimum Gasteiger partial charge on any atom is -0.480 e. The summed E-state index contributed by atoms with van der Waals surface area (Å²) in [7, 11) is 0. The molecule has 0 bridgehead atoms. The minimum absolute atomic E-state index is 0.164. The van der Waals surface area contributed by atoms with Gasteiger partial charge >= 0.3 is 5.97 Å². The molecule has 5 nitrogen and oxygen atoms in total. The lowest BCUT2D eigenvalue weighted by Crippen LogP contribution is -2.40. The third kappa shape index (κ3) is 2.22. The molecule has 1 amide bonds. The number of hydrogen-bond donors (Lipinski definition) is 1. The number of carboxylic acid groups (broad SMARTS) is 1. The average molecular weight is 251 g/mol. The fourth-order valence-electron chi connectivity index (χ4n) is 1.88. The zero-order valence-corrected chi connectivity index (χ0v) is 9.30. The maximum Gasteiger partial charge on any atom is 0.326 e. The molecule has 2 rings (SSSR count). The first-order valence-corrected chi connectivity index (χ1v) is 5.30. The summed E-state index contributed by atoms with van der Waals surface area (Å²) in [6.45, 7) is -0.215. The van der Waals surface area contributed by atoms with Gasteiger partial charge in [0.25, 0.3) is 5.91 Å². The molecule has 1 fully saturated rings. The summed E-state index contributed by atoms with van der Waals surface area (Å²) in [5.41, 5.74) is 0.164. The first kappa shape index (κ1) is 12.2. The van der Waals surface area contributed by atoms with Crippen LogP contribution in [0.25, 0.3) is 0 Å². The monoisotopic (exact) mass is 251 g/mol. The number of carboxylic acids is 1. The van der Waals surface area contributed by atoms with E-state index in [9.17, 15) is 18.8 Å². The van der Waals surface area contributed by atoms with E-state index in [4.69, 9.17) is 5.11 Å². The van der Waals surface area contributed by atoms with Crippen LogP contribution in [0.1, 0.15) is 16.8 Å². The van der Waals surface area contributed by atoms with Crippen LogP contribution < -0.4 is 0 Å². The Bertz CT molecular complexity index is 511. The van der Waals surface area contributed by atoms with Gasteiger partial charge in [0.1, 0.15) is 11.9 Å². The van der Waals surface area contributed by atoms with E-state index in [1.807, 2.05) is 0 Å². The molecule has 1 aromatic carbocycles. The quantitative estimate of drug-likeness (QED) is 0.839. The lowest BCUT2D eigenvalue weighted by Gasteiger charge is -2.20. The SMILES string of the molecule is O=C1C[C@@H](C(=O)O)N(C(=O)c2ccc(F)cc2)C1. The molecule has 1 saturated heterocycles. The highest BCUT2D eigenvalue weighted by Crippen LogP contribution is 2.18. The summed E-state index contributed by atoms with van der Waals surface area (Å²) >= 11 is 0. The molecule has 0 radical (unpaired) electrons. The number of likely N-dealkylation sites (tertiary alicyclic amines) is 1. The van der Waals surface area contributed by atoms with E-state index in [2.05, 4.69) is 0 Å². The Morgan fingerprint density at radius 3 is 2.44 bits per heavy atom. The maximum absolute atomic E-state index is 12.7. The summed E-state index contributed by atoms with van der Waals surface area (Å²) in [6, 6.07) is 3.62. The molecule has 0 spiro atoms. The molecule has 6 heteroatoms.